The standard InChI is InChI=1S/C12H20N2O/c1-8-2-11(8)12(15)14-6-9-3-10(7-14)5-13-4-9/h8-11,13H,2-7H2,1H3/t8-,9?,10?,11-/m1/s1. The molecule has 3 aliphatic rings. The van der Waals surface area contributed by atoms with Gasteiger partial charge in [-0.3, -0.25) is 4.79 Å². The fourth-order valence-electron chi connectivity index (χ4n) is 3.19. The summed E-state index contributed by atoms with van der Waals surface area (Å²) >= 11 is 0. The van der Waals surface area contributed by atoms with Crippen LogP contribution < -0.4 is 5.32 Å². The quantitative estimate of drug-likeness (QED) is 0.688. The average molecular weight is 208 g/mol. The number of rotatable bonds is 1. The van der Waals surface area contributed by atoms with Crippen LogP contribution >= 0.6 is 0 Å². The molecule has 0 spiro atoms. The third-order valence-corrected chi connectivity index (χ3v) is 4.23. The van der Waals surface area contributed by atoms with Gasteiger partial charge in [0.25, 0.3) is 0 Å². The Morgan fingerprint density at radius 1 is 1.20 bits per heavy atom. The molecule has 2 aliphatic heterocycles. The molecule has 1 saturated carbocycles. The van der Waals surface area contributed by atoms with Crippen LogP contribution in [0.5, 0.6) is 0 Å². The summed E-state index contributed by atoms with van der Waals surface area (Å²) in [6, 6.07) is 0. The van der Waals surface area contributed by atoms with Crippen LogP contribution in [0.3, 0.4) is 0 Å². The molecule has 0 aromatic heterocycles. The van der Waals surface area contributed by atoms with E-state index in [9.17, 15) is 4.79 Å². The number of hydrogen-bond donors (Lipinski definition) is 1. The van der Waals surface area contributed by atoms with Crippen molar-refractivity contribution in [1.82, 2.24) is 10.2 Å². The van der Waals surface area contributed by atoms with Gasteiger partial charge in [-0.2, -0.15) is 0 Å². The summed E-state index contributed by atoms with van der Waals surface area (Å²) in [7, 11) is 0. The molecule has 0 aromatic rings. The Bertz CT molecular complexity index is 267. The number of carbonyl (C=O) groups excluding carboxylic acids is 1. The third-order valence-electron chi connectivity index (χ3n) is 4.23. The van der Waals surface area contributed by atoms with Crippen molar-refractivity contribution in [3.63, 3.8) is 0 Å². The minimum absolute atomic E-state index is 0.372. The van der Waals surface area contributed by atoms with E-state index in [4.69, 9.17) is 0 Å². The van der Waals surface area contributed by atoms with Crippen molar-refractivity contribution in [1.29, 1.82) is 0 Å². The Labute approximate surface area is 91.2 Å². The first-order chi connectivity index (χ1) is 7.24. The number of likely N-dealkylation sites (tertiary alicyclic amines) is 1. The molecule has 3 fully saturated rings. The third kappa shape index (κ3) is 1.78. The maximum absolute atomic E-state index is 12.1. The molecule has 3 rings (SSSR count). The fraction of sp³-hybridized carbons (Fsp3) is 0.917. The second-order valence-corrected chi connectivity index (χ2v) is 5.69. The molecule has 0 aromatic carbocycles. The summed E-state index contributed by atoms with van der Waals surface area (Å²) in [5, 5.41) is 3.46. The molecule has 15 heavy (non-hydrogen) atoms. The lowest BCUT2D eigenvalue weighted by atomic mass is 9.85. The van der Waals surface area contributed by atoms with Gasteiger partial charge in [-0.05, 0) is 43.7 Å². The molecule has 2 saturated heterocycles. The SMILES string of the molecule is C[C@@H]1C[C@H]1C(=O)N1CC2CNCC(C2)C1. The predicted octanol–water partition coefficient (Wildman–Crippen LogP) is 0.710. The maximum Gasteiger partial charge on any atom is 0.225 e. The van der Waals surface area contributed by atoms with Gasteiger partial charge in [0.1, 0.15) is 0 Å². The molecule has 4 atom stereocenters. The van der Waals surface area contributed by atoms with E-state index in [-0.39, 0.29) is 0 Å². The number of amides is 1. The Hall–Kier alpha value is -0.570. The van der Waals surface area contributed by atoms with Crippen molar-refractivity contribution >= 4 is 5.91 Å². The van der Waals surface area contributed by atoms with Gasteiger partial charge in [0.2, 0.25) is 5.91 Å². The highest BCUT2D eigenvalue weighted by Crippen LogP contribution is 2.40. The van der Waals surface area contributed by atoms with E-state index in [1.807, 2.05) is 0 Å². The van der Waals surface area contributed by atoms with E-state index in [2.05, 4.69) is 17.1 Å². The summed E-state index contributed by atoms with van der Waals surface area (Å²) < 4.78 is 0. The van der Waals surface area contributed by atoms with Gasteiger partial charge >= 0.3 is 0 Å². The second-order valence-electron chi connectivity index (χ2n) is 5.69. The lowest BCUT2D eigenvalue weighted by molar-refractivity contribution is -0.136. The average Bonchev–Trinajstić information content (AvgIpc) is 2.94. The number of fused-ring (bicyclic) bond motifs is 2. The van der Waals surface area contributed by atoms with Gasteiger partial charge in [0.05, 0.1) is 0 Å². The summed E-state index contributed by atoms with van der Waals surface area (Å²) in [5.74, 6) is 2.90. The van der Waals surface area contributed by atoms with Gasteiger partial charge in [0, 0.05) is 19.0 Å². The smallest absolute Gasteiger partial charge is 0.225 e. The Balaban J connectivity index is 1.64. The van der Waals surface area contributed by atoms with Crippen molar-refractivity contribution in [2.75, 3.05) is 26.2 Å². The molecule has 1 N–H and O–H groups in total. The molecular formula is C12H20N2O. The van der Waals surface area contributed by atoms with Crippen LogP contribution in [-0.4, -0.2) is 37.0 Å². The first kappa shape index (κ1) is 9.64. The van der Waals surface area contributed by atoms with Crippen LogP contribution in [0.2, 0.25) is 0 Å². The predicted molar refractivity (Wildman–Crippen MR) is 58.3 cm³/mol. The number of hydrogen-bond acceptors (Lipinski definition) is 2. The monoisotopic (exact) mass is 208 g/mol. The first-order valence-electron chi connectivity index (χ1n) is 6.23. The Kier molecular flexibility index (Phi) is 2.23. The molecule has 0 radical (unpaired) electrons. The first-order valence-corrected chi connectivity index (χ1v) is 6.23. The van der Waals surface area contributed by atoms with Crippen LogP contribution in [0.15, 0.2) is 0 Å². The van der Waals surface area contributed by atoms with E-state index in [1.54, 1.807) is 0 Å². The van der Waals surface area contributed by atoms with E-state index >= 15 is 0 Å². The van der Waals surface area contributed by atoms with Gasteiger partial charge in [0.15, 0.2) is 0 Å². The van der Waals surface area contributed by atoms with E-state index in [1.165, 1.54) is 6.42 Å². The van der Waals surface area contributed by atoms with Crippen molar-refractivity contribution in [2.24, 2.45) is 23.7 Å². The topological polar surface area (TPSA) is 32.3 Å². The zero-order chi connectivity index (χ0) is 10.4. The lowest BCUT2D eigenvalue weighted by Gasteiger charge is -2.41. The van der Waals surface area contributed by atoms with E-state index in [0.717, 1.165) is 44.4 Å². The summed E-state index contributed by atoms with van der Waals surface area (Å²) in [5.41, 5.74) is 0. The largest absolute Gasteiger partial charge is 0.342 e. The molecular weight excluding hydrogens is 188 g/mol. The van der Waals surface area contributed by atoms with E-state index < -0.39 is 0 Å². The maximum atomic E-state index is 12.1. The number of carbonyl (C=O) groups is 1. The Morgan fingerprint density at radius 2 is 1.80 bits per heavy atom. The van der Waals surface area contributed by atoms with Crippen LogP contribution in [0.25, 0.3) is 0 Å². The van der Waals surface area contributed by atoms with Crippen molar-refractivity contribution in [2.45, 2.75) is 19.8 Å². The molecule has 2 bridgehead atoms. The van der Waals surface area contributed by atoms with Crippen LogP contribution in [-0.2, 0) is 4.79 Å². The van der Waals surface area contributed by atoms with Crippen LogP contribution in [0.4, 0.5) is 0 Å². The van der Waals surface area contributed by atoms with Crippen molar-refractivity contribution in [3.8, 4) is 0 Å². The minimum atomic E-state index is 0.372. The molecule has 1 aliphatic carbocycles. The molecule has 3 nitrogen and oxygen atoms in total. The normalized spacial score (nSPS) is 43.9. The second kappa shape index (κ2) is 3.48. The number of piperidine rings is 2. The van der Waals surface area contributed by atoms with Gasteiger partial charge in [-0.1, -0.05) is 6.92 Å². The lowest BCUT2D eigenvalue weighted by Crippen LogP contribution is -2.53. The Morgan fingerprint density at radius 3 is 2.33 bits per heavy atom. The van der Waals surface area contributed by atoms with Crippen molar-refractivity contribution in [3.05, 3.63) is 0 Å². The summed E-state index contributed by atoms with van der Waals surface area (Å²) in [4.78, 5) is 14.3. The van der Waals surface area contributed by atoms with Crippen LogP contribution in [0.1, 0.15) is 19.8 Å². The summed E-state index contributed by atoms with van der Waals surface area (Å²) in [6.45, 7) is 6.42. The molecule has 84 valence electrons. The molecule has 3 heteroatoms. The number of nitrogens with one attached hydrogen (secondary N) is 1. The highest BCUT2D eigenvalue weighted by molar-refractivity contribution is 5.81. The number of nitrogens with zero attached hydrogens (tertiary/aromatic N) is 1. The van der Waals surface area contributed by atoms with Crippen molar-refractivity contribution < 1.29 is 4.79 Å². The molecule has 2 heterocycles. The fourth-order valence-corrected chi connectivity index (χ4v) is 3.19. The minimum Gasteiger partial charge on any atom is -0.342 e. The van der Waals surface area contributed by atoms with Gasteiger partial charge < -0.3 is 10.2 Å². The highest BCUT2D eigenvalue weighted by atomic mass is 16.2. The molecule has 2 unspecified atom stereocenters. The molecule has 1 amide bonds. The van der Waals surface area contributed by atoms with Crippen LogP contribution in [0, 0.1) is 23.7 Å². The highest BCUT2D eigenvalue weighted by Gasteiger charge is 2.43. The van der Waals surface area contributed by atoms with Gasteiger partial charge in [-0.25, -0.2) is 0 Å². The van der Waals surface area contributed by atoms with Gasteiger partial charge in [-0.15, -0.1) is 0 Å². The summed E-state index contributed by atoms with van der Waals surface area (Å²) in [6.07, 6.45) is 2.46. The van der Waals surface area contributed by atoms with E-state index in [0.29, 0.717) is 17.7 Å². The zero-order valence-corrected chi connectivity index (χ0v) is 9.41. The zero-order valence-electron chi connectivity index (χ0n) is 9.41.